The van der Waals surface area contributed by atoms with Gasteiger partial charge in [0.15, 0.2) is 0 Å². The number of quaternary nitrogens is 1. The summed E-state index contributed by atoms with van der Waals surface area (Å²) in [7, 11) is 5.62. The second-order valence-corrected chi connectivity index (χ2v) is 7.12. The van der Waals surface area contributed by atoms with Crippen LogP contribution in [0.1, 0.15) is 45.4 Å². The van der Waals surface area contributed by atoms with E-state index in [0.29, 0.717) is 11.6 Å². The van der Waals surface area contributed by atoms with E-state index in [4.69, 9.17) is 4.74 Å². The maximum Gasteiger partial charge on any atom is 0.527 e. The van der Waals surface area contributed by atoms with E-state index in [2.05, 4.69) is 21.8 Å². The van der Waals surface area contributed by atoms with Gasteiger partial charge in [-0.3, -0.25) is 0 Å². The molecule has 0 fully saturated rings. The van der Waals surface area contributed by atoms with Crippen molar-refractivity contribution in [2.45, 2.75) is 45.4 Å². The van der Waals surface area contributed by atoms with Crippen LogP contribution < -0.4 is 9.38 Å². The molecule has 1 aromatic heterocycles. The summed E-state index contributed by atoms with van der Waals surface area (Å²) in [6.07, 6.45) is 15.3. The summed E-state index contributed by atoms with van der Waals surface area (Å²) in [4.78, 5) is 23.5. The molecule has 0 aromatic carbocycles. The van der Waals surface area contributed by atoms with Crippen LogP contribution in [0.4, 0.5) is 16.3 Å². The molecule has 0 saturated heterocycles. The van der Waals surface area contributed by atoms with Gasteiger partial charge >= 0.3 is 6.09 Å². The summed E-state index contributed by atoms with van der Waals surface area (Å²) in [6.45, 7) is 3.11. The Balaban J connectivity index is 2.13. The normalized spacial score (nSPS) is 14.1. The standard InChI is InChI=1S/C20H31N4O2/c1-5-6-7-11-14-23(2)18-15-21-16-22-19(18)24(3,4)20(25)26-17-12-9-8-10-13-17/h9,12-13,15-16H,5-8,10-11,14H2,1-4H3/q+1. The van der Waals surface area contributed by atoms with Crippen LogP contribution in [0.5, 0.6) is 0 Å². The van der Waals surface area contributed by atoms with Crippen molar-refractivity contribution in [3.05, 3.63) is 36.5 Å². The number of nitrogens with zero attached hydrogens (tertiary/aromatic N) is 4. The third-order valence-electron chi connectivity index (χ3n) is 4.58. The zero-order valence-corrected chi connectivity index (χ0v) is 16.4. The minimum absolute atomic E-state index is 0.0949. The number of hydrogen-bond acceptors (Lipinski definition) is 5. The molecule has 0 spiro atoms. The first-order chi connectivity index (χ1) is 12.5. The first-order valence-corrected chi connectivity index (χ1v) is 9.41. The van der Waals surface area contributed by atoms with Gasteiger partial charge in [0, 0.05) is 13.6 Å². The molecule has 0 aliphatic heterocycles. The molecular formula is C20H31N4O2+. The van der Waals surface area contributed by atoms with E-state index >= 15 is 0 Å². The molecule has 0 N–H and O–H groups in total. The number of rotatable bonds is 8. The number of allylic oxidation sites excluding steroid dienone is 3. The van der Waals surface area contributed by atoms with Crippen molar-refractivity contribution in [1.82, 2.24) is 14.5 Å². The zero-order chi connectivity index (χ0) is 19.0. The number of ether oxygens (including phenoxy) is 1. The van der Waals surface area contributed by atoms with Gasteiger partial charge < -0.3 is 9.64 Å². The number of carbonyl (C=O) groups is 1. The third-order valence-corrected chi connectivity index (χ3v) is 4.58. The highest BCUT2D eigenvalue weighted by Gasteiger charge is 2.37. The van der Waals surface area contributed by atoms with Crippen LogP contribution in [-0.4, -0.2) is 43.7 Å². The first-order valence-electron chi connectivity index (χ1n) is 9.41. The lowest BCUT2D eigenvalue weighted by atomic mass is 10.2. The summed E-state index contributed by atoms with van der Waals surface area (Å²) in [5, 5.41) is 0. The van der Waals surface area contributed by atoms with Crippen LogP contribution >= 0.6 is 0 Å². The van der Waals surface area contributed by atoms with E-state index in [1.165, 1.54) is 25.6 Å². The Kier molecular flexibility index (Phi) is 7.33. The van der Waals surface area contributed by atoms with Gasteiger partial charge in [-0.25, -0.2) is 4.98 Å². The van der Waals surface area contributed by atoms with E-state index in [9.17, 15) is 4.79 Å². The fraction of sp³-hybridized carbons (Fsp3) is 0.550. The molecule has 1 aromatic rings. The highest BCUT2D eigenvalue weighted by Crippen LogP contribution is 2.30. The molecule has 0 bridgehead atoms. The molecule has 1 heterocycles. The average molecular weight is 359 g/mol. The minimum Gasteiger partial charge on any atom is -0.381 e. The molecule has 1 aliphatic rings. The average Bonchev–Trinajstić information content (AvgIpc) is 2.66. The number of carbonyl (C=O) groups excluding carboxylic acids is 1. The molecule has 0 saturated carbocycles. The van der Waals surface area contributed by atoms with Crippen molar-refractivity contribution in [3.8, 4) is 0 Å². The molecule has 0 atom stereocenters. The van der Waals surface area contributed by atoms with Crippen molar-refractivity contribution in [1.29, 1.82) is 0 Å². The Morgan fingerprint density at radius 2 is 2.08 bits per heavy atom. The Bertz CT molecular complexity index is 668. The maximum absolute atomic E-state index is 12.8. The molecule has 26 heavy (non-hydrogen) atoms. The largest absolute Gasteiger partial charge is 0.527 e. The van der Waals surface area contributed by atoms with Gasteiger partial charge in [0.05, 0.1) is 20.3 Å². The van der Waals surface area contributed by atoms with Crippen LogP contribution in [0, 0.1) is 0 Å². The number of aromatic nitrogens is 2. The van der Waals surface area contributed by atoms with Crippen LogP contribution in [0.3, 0.4) is 0 Å². The minimum atomic E-state index is -0.359. The molecule has 1 aliphatic carbocycles. The van der Waals surface area contributed by atoms with Crippen molar-refractivity contribution >= 4 is 17.6 Å². The van der Waals surface area contributed by atoms with Gasteiger partial charge in [-0.1, -0.05) is 32.3 Å². The summed E-state index contributed by atoms with van der Waals surface area (Å²) >= 11 is 0. The smallest absolute Gasteiger partial charge is 0.381 e. The fourth-order valence-corrected chi connectivity index (χ4v) is 2.88. The predicted molar refractivity (Wildman–Crippen MR) is 106 cm³/mol. The molecule has 2 rings (SSSR count). The second kappa shape index (κ2) is 9.48. The Morgan fingerprint density at radius 3 is 2.77 bits per heavy atom. The van der Waals surface area contributed by atoms with E-state index < -0.39 is 0 Å². The van der Waals surface area contributed by atoms with Crippen molar-refractivity contribution < 1.29 is 9.53 Å². The quantitative estimate of drug-likeness (QED) is 0.508. The number of anilines is 1. The van der Waals surface area contributed by atoms with Gasteiger partial charge in [-0.2, -0.15) is 14.3 Å². The molecule has 0 unspecified atom stereocenters. The van der Waals surface area contributed by atoms with Crippen molar-refractivity contribution in [3.63, 3.8) is 0 Å². The Morgan fingerprint density at radius 1 is 1.27 bits per heavy atom. The molecule has 1 amide bonds. The van der Waals surface area contributed by atoms with Gasteiger partial charge in [-0.15, -0.1) is 0 Å². The zero-order valence-electron chi connectivity index (χ0n) is 16.4. The van der Waals surface area contributed by atoms with Crippen LogP contribution in [-0.2, 0) is 4.74 Å². The summed E-state index contributed by atoms with van der Waals surface area (Å²) in [6, 6.07) is 0. The van der Waals surface area contributed by atoms with E-state index in [1.807, 2.05) is 25.3 Å². The monoisotopic (exact) mass is 359 g/mol. The SMILES string of the molecule is CCCCCCN(C)c1cncnc1[N+](C)(C)C(=O)OC1=CCCC=C1. The number of hydrogen-bond donors (Lipinski definition) is 0. The second-order valence-electron chi connectivity index (χ2n) is 7.12. The lowest BCUT2D eigenvalue weighted by molar-refractivity contribution is 0.149. The van der Waals surface area contributed by atoms with E-state index in [0.717, 1.165) is 31.5 Å². The van der Waals surface area contributed by atoms with Gasteiger partial charge in [0.1, 0.15) is 17.8 Å². The summed E-state index contributed by atoms with van der Waals surface area (Å²) < 4.78 is 5.49. The third kappa shape index (κ3) is 5.14. The lowest BCUT2D eigenvalue weighted by Gasteiger charge is -2.28. The highest BCUT2D eigenvalue weighted by atomic mass is 16.6. The highest BCUT2D eigenvalue weighted by molar-refractivity contribution is 5.85. The van der Waals surface area contributed by atoms with Crippen molar-refractivity contribution in [2.24, 2.45) is 0 Å². The topological polar surface area (TPSA) is 55.3 Å². The Labute approximate surface area is 156 Å². The van der Waals surface area contributed by atoms with E-state index in [-0.39, 0.29) is 10.6 Å². The fourth-order valence-electron chi connectivity index (χ4n) is 2.88. The summed E-state index contributed by atoms with van der Waals surface area (Å²) in [5.41, 5.74) is 0.860. The van der Waals surface area contributed by atoms with Crippen LogP contribution in [0.25, 0.3) is 0 Å². The van der Waals surface area contributed by atoms with Gasteiger partial charge in [-0.05, 0) is 31.4 Å². The van der Waals surface area contributed by atoms with Crippen molar-refractivity contribution in [2.75, 3.05) is 32.6 Å². The molecule has 0 radical (unpaired) electrons. The van der Waals surface area contributed by atoms with Crippen LogP contribution in [0.15, 0.2) is 36.5 Å². The van der Waals surface area contributed by atoms with Gasteiger partial charge in [0.2, 0.25) is 0 Å². The van der Waals surface area contributed by atoms with E-state index in [1.54, 1.807) is 20.3 Å². The van der Waals surface area contributed by atoms with Gasteiger partial charge in [0.25, 0.3) is 5.82 Å². The molecular weight excluding hydrogens is 328 g/mol. The first kappa shape index (κ1) is 20.1. The van der Waals surface area contributed by atoms with Crippen LogP contribution in [0.2, 0.25) is 0 Å². The predicted octanol–water partition coefficient (Wildman–Crippen LogP) is 4.43. The Hall–Kier alpha value is -2.21. The molecule has 6 heteroatoms. The molecule has 142 valence electrons. The number of unbranched alkanes of at least 4 members (excludes halogenated alkanes) is 3. The summed E-state index contributed by atoms with van der Waals surface area (Å²) in [5.74, 6) is 1.25. The lowest BCUT2D eigenvalue weighted by Crippen LogP contribution is -2.48. The molecule has 6 nitrogen and oxygen atoms in total. The number of amides is 1. The maximum atomic E-state index is 12.8.